The highest BCUT2D eigenvalue weighted by Crippen LogP contribution is 1.76. The molecule has 2 nitrogen and oxygen atoms in total. The summed E-state index contributed by atoms with van der Waals surface area (Å²) >= 11 is 0. The second kappa shape index (κ2) is 30.3. The van der Waals surface area contributed by atoms with Crippen LogP contribution >= 0.6 is 0 Å². The zero-order chi connectivity index (χ0) is 11.9. The minimum atomic E-state index is 1.06. The van der Waals surface area contributed by atoms with Gasteiger partial charge in [-0.25, -0.2) is 0 Å². The van der Waals surface area contributed by atoms with Crippen LogP contribution in [0.5, 0.6) is 0 Å². The van der Waals surface area contributed by atoms with Crippen molar-refractivity contribution in [1.82, 2.24) is 4.90 Å². The molecular formula is C11H28N2. The molecular weight excluding hydrogens is 160 g/mol. The van der Waals surface area contributed by atoms with Crippen molar-refractivity contribution >= 4 is 5.84 Å². The SMILES string of the molecule is C=C.CC.CC.CN=C(C)N(C)C. The fourth-order valence-electron chi connectivity index (χ4n) is 0.200. The highest BCUT2D eigenvalue weighted by Gasteiger charge is 1.85. The molecule has 0 aromatic rings. The Bertz CT molecular complexity index is 86.1. The molecule has 0 aromatic carbocycles. The van der Waals surface area contributed by atoms with Crippen molar-refractivity contribution in [3.63, 3.8) is 0 Å². The molecule has 0 rings (SSSR count). The monoisotopic (exact) mass is 188 g/mol. The first-order chi connectivity index (χ1) is 6.18. The van der Waals surface area contributed by atoms with E-state index in [0.29, 0.717) is 0 Å². The molecule has 2 heteroatoms. The smallest absolute Gasteiger partial charge is 0.0948 e. The van der Waals surface area contributed by atoms with Crippen molar-refractivity contribution in [3.05, 3.63) is 13.2 Å². The maximum atomic E-state index is 3.93. The number of amidine groups is 1. The van der Waals surface area contributed by atoms with E-state index in [1.165, 1.54) is 0 Å². The van der Waals surface area contributed by atoms with Crippen LogP contribution in [0.15, 0.2) is 18.2 Å². The molecule has 82 valence electrons. The van der Waals surface area contributed by atoms with Crippen molar-refractivity contribution in [2.45, 2.75) is 34.6 Å². The summed E-state index contributed by atoms with van der Waals surface area (Å²) in [5, 5.41) is 0. The standard InChI is InChI=1S/C5H12N2.2C2H6.C2H4/c1-5(6-2)7(3)4;3*1-2/h1-4H3;2*1-2H3;1-2H2. The Balaban J connectivity index is -0.0000000573. The van der Waals surface area contributed by atoms with Crippen LogP contribution in [0.1, 0.15) is 34.6 Å². The lowest BCUT2D eigenvalue weighted by atomic mass is 10.6. The van der Waals surface area contributed by atoms with E-state index in [0.717, 1.165) is 5.84 Å². The molecule has 0 unspecified atom stereocenters. The van der Waals surface area contributed by atoms with E-state index < -0.39 is 0 Å². The second-order valence-corrected chi connectivity index (χ2v) is 1.67. The number of aliphatic imine (C=N–C) groups is 1. The number of hydrogen-bond acceptors (Lipinski definition) is 1. The molecule has 0 aliphatic rings. The molecule has 0 aliphatic carbocycles. The van der Waals surface area contributed by atoms with Gasteiger partial charge < -0.3 is 4.90 Å². The summed E-state index contributed by atoms with van der Waals surface area (Å²) in [5.41, 5.74) is 0. The molecule has 0 radical (unpaired) electrons. The van der Waals surface area contributed by atoms with Crippen molar-refractivity contribution < 1.29 is 0 Å². The van der Waals surface area contributed by atoms with E-state index >= 15 is 0 Å². The summed E-state index contributed by atoms with van der Waals surface area (Å²) in [6.45, 7) is 16.0. The first kappa shape index (κ1) is 22.8. The molecule has 0 N–H and O–H groups in total. The van der Waals surface area contributed by atoms with Gasteiger partial charge in [-0.2, -0.15) is 0 Å². The van der Waals surface area contributed by atoms with Crippen LogP contribution in [0.4, 0.5) is 0 Å². The molecule has 0 saturated carbocycles. The van der Waals surface area contributed by atoms with Gasteiger partial charge in [-0.15, -0.1) is 13.2 Å². The topological polar surface area (TPSA) is 15.6 Å². The summed E-state index contributed by atoms with van der Waals surface area (Å²) < 4.78 is 0. The first-order valence-electron chi connectivity index (χ1n) is 4.79. The maximum Gasteiger partial charge on any atom is 0.0948 e. The number of hydrogen-bond donors (Lipinski definition) is 0. The van der Waals surface area contributed by atoms with Crippen LogP contribution in [0, 0.1) is 0 Å². The predicted molar refractivity (Wildman–Crippen MR) is 66.7 cm³/mol. The minimum Gasteiger partial charge on any atom is -0.367 e. The fourth-order valence-corrected chi connectivity index (χ4v) is 0.200. The summed E-state index contributed by atoms with van der Waals surface area (Å²) in [6.07, 6.45) is 0. The number of rotatable bonds is 0. The zero-order valence-electron chi connectivity index (χ0n) is 10.8. The second-order valence-electron chi connectivity index (χ2n) is 1.67. The summed E-state index contributed by atoms with van der Waals surface area (Å²) in [5.74, 6) is 1.06. The molecule has 13 heavy (non-hydrogen) atoms. The predicted octanol–water partition coefficient (Wildman–Crippen LogP) is 3.45. The Hall–Kier alpha value is -0.790. The van der Waals surface area contributed by atoms with Crippen LogP contribution < -0.4 is 0 Å². The molecule has 0 aromatic heterocycles. The molecule has 0 aliphatic heterocycles. The quantitative estimate of drug-likeness (QED) is 0.323. The van der Waals surface area contributed by atoms with E-state index in [1.54, 1.807) is 7.05 Å². The van der Waals surface area contributed by atoms with Gasteiger partial charge in [-0.1, -0.05) is 27.7 Å². The zero-order valence-corrected chi connectivity index (χ0v) is 10.8. The minimum absolute atomic E-state index is 1.06. The summed E-state index contributed by atoms with van der Waals surface area (Å²) in [4.78, 5) is 5.90. The van der Waals surface area contributed by atoms with Crippen molar-refractivity contribution in [3.8, 4) is 0 Å². The maximum absolute atomic E-state index is 3.93. The molecule has 0 amide bonds. The third-order valence-corrected chi connectivity index (χ3v) is 0.971. The van der Waals surface area contributed by atoms with Gasteiger partial charge in [0.2, 0.25) is 0 Å². The van der Waals surface area contributed by atoms with E-state index in [9.17, 15) is 0 Å². The van der Waals surface area contributed by atoms with Crippen LogP contribution in [0.25, 0.3) is 0 Å². The Kier molecular flexibility index (Phi) is 53.1. The van der Waals surface area contributed by atoms with E-state index in [1.807, 2.05) is 53.6 Å². The van der Waals surface area contributed by atoms with Crippen LogP contribution in [0.3, 0.4) is 0 Å². The highest BCUT2D eigenvalue weighted by atomic mass is 15.1. The molecule has 0 fully saturated rings. The third-order valence-electron chi connectivity index (χ3n) is 0.971. The van der Waals surface area contributed by atoms with Gasteiger partial charge in [-0.05, 0) is 6.92 Å². The Morgan fingerprint density at radius 3 is 1.23 bits per heavy atom. The van der Waals surface area contributed by atoms with Gasteiger partial charge in [0.25, 0.3) is 0 Å². The average Bonchev–Trinajstić information content (AvgIpc) is 2.25. The Morgan fingerprint density at radius 2 is 1.23 bits per heavy atom. The lowest BCUT2D eigenvalue weighted by Crippen LogP contribution is -2.17. The van der Waals surface area contributed by atoms with Crippen LogP contribution in [-0.4, -0.2) is 31.9 Å². The highest BCUT2D eigenvalue weighted by molar-refractivity contribution is 5.78. The molecule has 0 heterocycles. The largest absolute Gasteiger partial charge is 0.367 e. The third kappa shape index (κ3) is 35.0. The van der Waals surface area contributed by atoms with Crippen LogP contribution in [0.2, 0.25) is 0 Å². The first-order valence-corrected chi connectivity index (χ1v) is 4.79. The fraction of sp³-hybridized carbons (Fsp3) is 0.727. The Labute approximate surface area is 85.4 Å². The van der Waals surface area contributed by atoms with Gasteiger partial charge in [-0.3, -0.25) is 4.99 Å². The Morgan fingerprint density at radius 1 is 1.00 bits per heavy atom. The lowest BCUT2D eigenvalue weighted by molar-refractivity contribution is 0.617. The van der Waals surface area contributed by atoms with Crippen molar-refractivity contribution in [2.24, 2.45) is 4.99 Å². The van der Waals surface area contributed by atoms with E-state index in [4.69, 9.17) is 0 Å². The normalized spacial score (nSPS) is 7.54. The van der Waals surface area contributed by atoms with Crippen LogP contribution in [-0.2, 0) is 0 Å². The number of nitrogens with zero attached hydrogens (tertiary/aromatic N) is 2. The van der Waals surface area contributed by atoms with E-state index in [2.05, 4.69) is 18.2 Å². The van der Waals surface area contributed by atoms with Gasteiger partial charge in [0.1, 0.15) is 0 Å². The average molecular weight is 188 g/mol. The van der Waals surface area contributed by atoms with Gasteiger partial charge in [0, 0.05) is 21.1 Å². The summed E-state index contributed by atoms with van der Waals surface area (Å²) in [6, 6.07) is 0. The van der Waals surface area contributed by atoms with Gasteiger partial charge in [0.15, 0.2) is 0 Å². The molecule has 0 bridgehead atoms. The summed E-state index contributed by atoms with van der Waals surface area (Å²) in [7, 11) is 5.74. The van der Waals surface area contributed by atoms with Gasteiger partial charge in [0.05, 0.1) is 5.84 Å². The molecule has 0 spiro atoms. The lowest BCUT2D eigenvalue weighted by Gasteiger charge is -2.08. The molecule has 0 atom stereocenters. The van der Waals surface area contributed by atoms with Gasteiger partial charge >= 0.3 is 0 Å². The van der Waals surface area contributed by atoms with Crippen molar-refractivity contribution in [1.29, 1.82) is 0 Å². The van der Waals surface area contributed by atoms with E-state index in [-0.39, 0.29) is 0 Å². The van der Waals surface area contributed by atoms with Crippen molar-refractivity contribution in [2.75, 3.05) is 21.1 Å². The molecule has 0 saturated heterocycles.